The first kappa shape index (κ1) is 16.1. The van der Waals surface area contributed by atoms with Gasteiger partial charge in [0.15, 0.2) is 0 Å². The van der Waals surface area contributed by atoms with Crippen molar-refractivity contribution in [1.82, 2.24) is 15.3 Å². The van der Waals surface area contributed by atoms with E-state index in [2.05, 4.69) is 26.3 Å². The number of hydrogen-bond donors (Lipinski definition) is 1. The van der Waals surface area contributed by atoms with Gasteiger partial charge in [-0.05, 0) is 31.2 Å². The molecule has 1 aromatic heterocycles. The summed E-state index contributed by atoms with van der Waals surface area (Å²) in [5.74, 6) is 1.93. The van der Waals surface area contributed by atoms with Crippen molar-refractivity contribution in [2.45, 2.75) is 38.1 Å². The largest absolute Gasteiger partial charge is 0.356 e. The molecule has 1 saturated heterocycles. The zero-order valence-corrected chi connectivity index (χ0v) is 14.4. The normalized spacial score (nSPS) is 18.2. The summed E-state index contributed by atoms with van der Waals surface area (Å²) in [4.78, 5) is 23.5. The van der Waals surface area contributed by atoms with Crippen molar-refractivity contribution in [2.24, 2.45) is 5.92 Å². The number of hydrogen-bond acceptors (Lipinski definition) is 4. The summed E-state index contributed by atoms with van der Waals surface area (Å²) in [6.07, 6.45) is 5.94. The fraction of sp³-hybridized carbons (Fsp3) is 0.450. The minimum atomic E-state index is 0.102. The Morgan fingerprint density at radius 2 is 1.84 bits per heavy atom. The average Bonchev–Trinajstić information content (AvgIpc) is 3.52. The van der Waals surface area contributed by atoms with E-state index in [9.17, 15) is 4.79 Å². The van der Waals surface area contributed by atoms with Crippen LogP contribution < -0.4 is 10.2 Å². The van der Waals surface area contributed by atoms with E-state index >= 15 is 0 Å². The number of benzene rings is 1. The number of nitrogens with one attached hydrogen (secondary N) is 1. The summed E-state index contributed by atoms with van der Waals surface area (Å²) in [5.41, 5.74) is 2.31. The van der Waals surface area contributed by atoms with Gasteiger partial charge >= 0.3 is 0 Å². The molecule has 1 saturated carbocycles. The molecule has 2 fully saturated rings. The molecule has 1 aromatic carbocycles. The summed E-state index contributed by atoms with van der Waals surface area (Å²) >= 11 is 0. The zero-order chi connectivity index (χ0) is 17.1. The van der Waals surface area contributed by atoms with Crippen LogP contribution in [0, 0.1) is 5.92 Å². The molecule has 130 valence electrons. The molecule has 2 aromatic rings. The lowest BCUT2D eigenvalue weighted by molar-refractivity contribution is -0.125. The van der Waals surface area contributed by atoms with Crippen molar-refractivity contribution in [2.75, 3.05) is 18.0 Å². The van der Waals surface area contributed by atoms with Crippen molar-refractivity contribution < 1.29 is 4.79 Å². The number of carbonyl (C=O) groups is 1. The van der Waals surface area contributed by atoms with E-state index in [4.69, 9.17) is 0 Å². The Bertz CT molecular complexity index is 721. The summed E-state index contributed by atoms with van der Waals surface area (Å²) in [6.45, 7) is 2.37. The van der Waals surface area contributed by atoms with Crippen LogP contribution in [0.1, 0.15) is 42.9 Å². The van der Waals surface area contributed by atoms with E-state index in [0.29, 0.717) is 12.5 Å². The first-order valence-corrected chi connectivity index (χ1v) is 9.18. The fourth-order valence-corrected chi connectivity index (χ4v) is 3.44. The van der Waals surface area contributed by atoms with Crippen LogP contribution in [-0.2, 0) is 11.3 Å². The van der Waals surface area contributed by atoms with Gasteiger partial charge in [-0.15, -0.1) is 0 Å². The smallest absolute Gasteiger partial charge is 0.223 e. The highest BCUT2D eigenvalue weighted by atomic mass is 16.1. The first-order chi connectivity index (χ1) is 12.3. The molecule has 5 heteroatoms. The van der Waals surface area contributed by atoms with Gasteiger partial charge in [-0.1, -0.05) is 30.3 Å². The van der Waals surface area contributed by atoms with E-state index in [0.717, 1.165) is 37.3 Å². The van der Waals surface area contributed by atoms with Gasteiger partial charge in [0, 0.05) is 43.2 Å². The van der Waals surface area contributed by atoms with Crippen LogP contribution in [-0.4, -0.2) is 29.0 Å². The predicted molar refractivity (Wildman–Crippen MR) is 97.2 cm³/mol. The maximum Gasteiger partial charge on any atom is 0.223 e. The topological polar surface area (TPSA) is 58.1 Å². The average molecular weight is 336 g/mol. The highest BCUT2D eigenvalue weighted by Crippen LogP contribution is 2.39. The zero-order valence-electron chi connectivity index (χ0n) is 14.4. The molecule has 4 rings (SSSR count). The lowest BCUT2D eigenvalue weighted by Gasteiger charge is -2.32. The van der Waals surface area contributed by atoms with E-state index < -0.39 is 0 Å². The second-order valence-electron chi connectivity index (χ2n) is 7.04. The Morgan fingerprint density at radius 1 is 1.08 bits per heavy atom. The lowest BCUT2D eigenvalue weighted by atomic mass is 9.95. The van der Waals surface area contributed by atoms with Gasteiger partial charge in [-0.2, -0.15) is 0 Å². The Kier molecular flexibility index (Phi) is 4.63. The van der Waals surface area contributed by atoms with E-state index in [1.807, 2.05) is 30.3 Å². The molecule has 5 nitrogen and oxygen atoms in total. The van der Waals surface area contributed by atoms with Gasteiger partial charge in [0.1, 0.15) is 12.1 Å². The molecule has 0 unspecified atom stereocenters. The molecule has 1 aliphatic carbocycles. The summed E-state index contributed by atoms with van der Waals surface area (Å²) < 4.78 is 0. The second kappa shape index (κ2) is 7.21. The van der Waals surface area contributed by atoms with Crippen LogP contribution in [0.2, 0.25) is 0 Å². The van der Waals surface area contributed by atoms with Crippen LogP contribution in [0.15, 0.2) is 42.7 Å². The number of aromatic nitrogens is 2. The Hall–Kier alpha value is -2.43. The highest BCUT2D eigenvalue weighted by molar-refractivity contribution is 5.79. The third kappa shape index (κ3) is 3.98. The highest BCUT2D eigenvalue weighted by Gasteiger charge is 2.28. The predicted octanol–water partition coefficient (Wildman–Crippen LogP) is 2.89. The molecule has 0 bridgehead atoms. The van der Waals surface area contributed by atoms with Gasteiger partial charge < -0.3 is 10.2 Å². The molecule has 1 N–H and O–H groups in total. The third-order valence-electron chi connectivity index (χ3n) is 5.17. The molecule has 1 amide bonds. The van der Waals surface area contributed by atoms with Crippen molar-refractivity contribution >= 4 is 11.7 Å². The minimum Gasteiger partial charge on any atom is -0.356 e. The fourth-order valence-electron chi connectivity index (χ4n) is 3.44. The van der Waals surface area contributed by atoms with Gasteiger partial charge in [0.25, 0.3) is 0 Å². The third-order valence-corrected chi connectivity index (χ3v) is 5.17. The van der Waals surface area contributed by atoms with E-state index in [-0.39, 0.29) is 11.8 Å². The van der Waals surface area contributed by atoms with Crippen LogP contribution >= 0.6 is 0 Å². The SMILES string of the molecule is O=C(NCc1ccccc1)C1CCN(c2cc(C3CC3)ncn2)CC1. The van der Waals surface area contributed by atoms with Gasteiger partial charge in [-0.3, -0.25) is 4.79 Å². The first-order valence-electron chi connectivity index (χ1n) is 9.18. The van der Waals surface area contributed by atoms with Crippen LogP contribution in [0.3, 0.4) is 0 Å². The number of piperidine rings is 1. The number of rotatable bonds is 5. The van der Waals surface area contributed by atoms with Crippen molar-refractivity contribution in [1.29, 1.82) is 0 Å². The Morgan fingerprint density at radius 3 is 2.56 bits per heavy atom. The molecule has 0 radical (unpaired) electrons. The monoisotopic (exact) mass is 336 g/mol. The van der Waals surface area contributed by atoms with Gasteiger partial charge in [-0.25, -0.2) is 9.97 Å². The number of nitrogens with zero attached hydrogens (tertiary/aromatic N) is 3. The summed E-state index contributed by atoms with van der Waals surface area (Å²) in [5, 5.41) is 3.07. The molecule has 1 aliphatic heterocycles. The van der Waals surface area contributed by atoms with Crippen molar-refractivity contribution in [3.05, 3.63) is 54.0 Å². The number of anilines is 1. The van der Waals surface area contributed by atoms with Crippen LogP contribution in [0.25, 0.3) is 0 Å². The van der Waals surface area contributed by atoms with Gasteiger partial charge in [0.05, 0.1) is 0 Å². The molecule has 2 heterocycles. The molecule has 0 atom stereocenters. The second-order valence-corrected chi connectivity index (χ2v) is 7.04. The van der Waals surface area contributed by atoms with Crippen molar-refractivity contribution in [3.63, 3.8) is 0 Å². The molecule has 2 aliphatic rings. The lowest BCUT2D eigenvalue weighted by Crippen LogP contribution is -2.40. The minimum absolute atomic E-state index is 0.102. The standard InChI is InChI=1S/C20H24N4O/c25-20(21-13-15-4-2-1-3-5-15)17-8-10-24(11-9-17)19-12-18(16-6-7-16)22-14-23-19/h1-5,12,14,16-17H,6-11,13H2,(H,21,25). The molecular formula is C20H24N4O. The molecule has 0 spiro atoms. The molecule has 25 heavy (non-hydrogen) atoms. The van der Waals surface area contributed by atoms with E-state index in [1.165, 1.54) is 18.5 Å². The van der Waals surface area contributed by atoms with Crippen molar-refractivity contribution in [3.8, 4) is 0 Å². The summed E-state index contributed by atoms with van der Waals surface area (Å²) in [7, 11) is 0. The quantitative estimate of drug-likeness (QED) is 0.912. The number of amides is 1. The van der Waals surface area contributed by atoms with Gasteiger partial charge in [0.2, 0.25) is 5.91 Å². The molecular weight excluding hydrogens is 312 g/mol. The Labute approximate surface area is 148 Å². The van der Waals surface area contributed by atoms with Crippen LogP contribution in [0.4, 0.5) is 5.82 Å². The maximum atomic E-state index is 12.4. The summed E-state index contributed by atoms with van der Waals surface area (Å²) in [6, 6.07) is 12.2. The Balaban J connectivity index is 1.29. The van der Waals surface area contributed by atoms with Crippen LogP contribution in [0.5, 0.6) is 0 Å². The number of carbonyl (C=O) groups excluding carboxylic acids is 1. The maximum absolute atomic E-state index is 12.4. The van der Waals surface area contributed by atoms with E-state index in [1.54, 1.807) is 6.33 Å².